The molecule has 1 N–H and O–H groups in total. The fourth-order valence-corrected chi connectivity index (χ4v) is 1.89. The lowest BCUT2D eigenvalue weighted by atomic mass is 10.3. The first-order valence-corrected chi connectivity index (χ1v) is 5.58. The lowest BCUT2D eigenvalue weighted by Gasteiger charge is -2.16. The summed E-state index contributed by atoms with van der Waals surface area (Å²) in [5.41, 5.74) is 0.599. The summed E-state index contributed by atoms with van der Waals surface area (Å²) in [6.07, 6.45) is -2.39. The lowest BCUT2D eigenvalue weighted by Crippen LogP contribution is -2.30. The van der Waals surface area contributed by atoms with E-state index in [2.05, 4.69) is 9.97 Å². The zero-order valence-corrected chi connectivity index (χ0v) is 9.29. The van der Waals surface area contributed by atoms with Crippen LogP contribution in [0.2, 0.25) is 0 Å². The second-order valence-corrected chi connectivity index (χ2v) is 4.54. The number of halogens is 3. The molecular weight excluding hydrogens is 241 g/mol. The van der Waals surface area contributed by atoms with E-state index < -0.39 is 18.0 Å². The lowest BCUT2D eigenvalue weighted by molar-refractivity contribution is -0.195. The zero-order valence-electron chi connectivity index (χ0n) is 8.48. The van der Waals surface area contributed by atoms with Gasteiger partial charge in [0.25, 0.3) is 0 Å². The Morgan fingerprint density at radius 3 is 2.62 bits per heavy atom. The molecule has 1 rings (SSSR count). The fourth-order valence-electron chi connectivity index (χ4n) is 0.936. The molecule has 0 bridgehead atoms. The summed E-state index contributed by atoms with van der Waals surface area (Å²) < 4.78 is 36.0. The van der Waals surface area contributed by atoms with Crippen molar-refractivity contribution >= 4 is 11.8 Å². The maximum absolute atomic E-state index is 12.0. The van der Waals surface area contributed by atoms with Gasteiger partial charge >= 0.3 is 6.18 Å². The molecule has 1 aromatic rings. The van der Waals surface area contributed by atoms with Crippen molar-refractivity contribution in [2.24, 2.45) is 0 Å². The largest absolute Gasteiger partial charge is 0.415 e. The molecule has 1 heterocycles. The number of hydrogen-bond donors (Lipinski definition) is 1. The van der Waals surface area contributed by atoms with Gasteiger partial charge < -0.3 is 5.11 Å². The van der Waals surface area contributed by atoms with Crippen LogP contribution in [-0.2, 0) is 0 Å². The van der Waals surface area contributed by atoms with Crippen molar-refractivity contribution < 1.29 is 18.3 Å². The zero-order chi connectivity index (χ0) is 12.2. The molecule has 7 heteroatoms. The Morgan fingerprint density at radius 1 is 1.44 bits per heavy atom. The van der Waals surface area contributed by atoms with E-state index in [4.69, 9.17) is 5.11 Å². The molecule has 0 saturated heterocycles. The van der Waals surface area contributed by atoms with E-state index in [1.807, 2.05) is 0 Å². The van der Waals surface area contributed by atoms with E-state index in [0.29, 0.717) is 5.69 Å². The predicted octanol–water partition coefficient (Wildman–Crippen LogP) is 2.19. The SMILES string of the molecule is C[C@H](SC[C@H](O)C(F)(F)F)c1cnccn1. The summed E-state index contributed by atoms with van der Waals surface area (Å²) in [5, 5.41) is 8.57. The van der Waals surface area contributed by atoms with Gasteiger partial charge in [0.15, 0.2) is 6.10 Å². The first-order valence-electron chi connectivity index (χ1n) is 4.53. The van der Waals surface area contributed by atoms with Crippen LogP contribution in [0.3, 0.4) is 0 Å². The van der Waals surface area contributed by atoms with Crippen molar-refractivity contribution in [2.45, 2.75) is 24.5 Å². The number of aliphatic hydroxyl groups excluding tert-OH is 1. The number of hydrogen-bond acceptors (Lipinski definition) is 4. The summed E-state index contributed by atoms with van der Waals surface area (Å²) >= 11 is 0.992. The second kappa shape index (κ2) is 5.49. The van der Waals surface area contributed by atoms with Crippen LogP contribution in [0.4, 0.5) is 13.2 Å². The van der Waals surface area contributed by atoms with Gasteiger partial charge in [-0.25, -0.2) is 0 Å². The molecule has 0 aliphatic heterocycles. The van der Waals surface area contributed by atoms with Gasteiger partial charge in [0.1, 0.15) is 0 Å². The average Bonchev–Trinajstić information content (AvgIpc) is 2.25. The maximum Gasteiger partial charge on any atom is 0.415 e. The van der Waals surface area contributed by atoms with Crippen LogP contribution >= 0.6 is 11.8 Å². The molecule has 0 aromatic carbocycles. The van der Waals surface area contributed by atoms with E-state index in [1.54, 1.807) is 6.92 Å². The normalized spacial score (nSPS) is 15.8. The highest BCUT2D eigenvalue weighted by Crippen LogP contribution is 2.30. The van der Waals surface area contributed by atoms with Crippen molar-refractivity contribution in [2.75, 3.05) is 5.75 Å². The van der Waals surface area contributed by atoms with Gasteiger partial charge in [0.2, 0.25) is 0 Å². The quantitative estimate of drug-likeness (QED) is 0.892. The fraction of sp³-hybridized carbons (Fsp3) is 0.556. The second-order valence-electron chi connectivity index (χ2n) is 3.16. The first kappa shape index (κ1) is 13.2. The molecule has 0 amide bonds. The van der Waals surface area contributed by atoms with E-state index in [1.165, 1.54) is 18.6 Å². The van der Waals surface area contributed by atoms with Crippen LogP contribution in [0.5, 0.6) is 0 Å². The summed E-state index contributed by atoms with van der Waals surface area (Å²) in [7, 11) is 0. The predicted molar refractivity (Wildman–Crippen MR) is 55.0 cm³/mol. The average molecular weight is 252 g/mol. The van der Waals surface area contributed by atoms with E-state index in [-0.39, 0.29) is 5.25 Å². The molecule has 16 heavy (non-hydrogen) atoms. The summed E-state index contributed by atoms with van der Waals surface area (Å²) in [4.78, 5) is 7.79. The number of aliphatic hydroxyl groups is 1. The highest BCUT2D eigenvalue weighted by molar-refractivity contribution is 7.99. The third kappa shape index (κ3) is 3.97. The first-order chi connectivity index (χ1) is 7.41. The Morgan fingerprint density at radius 2 is 2.12 bits per heavy atom. The Bertz CT molecular complexity index is 320. The molecular formula is C9H11F3N2OS. The van der Waals surface area contributed by atoms with Crippen molar-refractivity contribution in [3.8, 4) is 0 Å². The highest BCUT2D eigenvalue weighted by Gasteiger charge is 2.38. The van der Waals surface area contributed by atoms with Crippen LogP contribution in [0, 0.1) is 0 Å². The maximum atomic E-state index is 12.0. The molecule has 0 aliphatic carbocycles. The van der Waals surface area contributed by atoms with Crippen LogP contribution in [0.1, 0.15) is 17.9 Å². The van der Waals surface area contributed by atoms with Gasteiger partial charge in [0, 0.05) is 29.6 Å². The summed E-state index contributed by atoms with van der Waals surface area (Å²) in [6, 6.07) is 0. The van der Waals surface area contributed by atoms with Gasteiger partial charge in [-0.2, -0.15) is 13.2 Å². The van der Waals surface area contributed by atoms with Gasteiger partial charge in [-0.1, -0.05) is 0 Å². The minimum atomic E-state index is -4.56. The highest BCUT2D eigenvalue weighted by atomic mass is 32.2. The van der Waals surface area contributed by atoms with E-state index in [9.17, 15) is 13.2 Å². The standard InChI is InChI=1S/C9H11F3N2OS/c1-6(7-4-13-2-3-14-7)16-5-8(15)9(10,11)12/h2-4,6,8,15H,5H2,1H3/t6-,8-/m0/s1. The summed E-state index contributed by atoms with van der Waals surface area (Å²) in [5.74, 6) is -0.402. The van der Waals surface area contributed by atoms with Crippen LogP contribution in [0.15, 0.2) is 18.6 Å². The molecule has 0 fully saturated rings. The minimum absolute atomic E-state index is 0.231. The van der Waals surface area contributed by atoms with E-state index in [0.717, 1.165) is 11.8 Å². The molecule has 3 nitrogen and oxygen atoms in total. The molecule has 0 aliphatic rings. The number of aromatic nitrogens is 2. The third-order valence-electron chi connectivity index (χ3n) is 1.88. The van der Waals surface area contributed by atoms with Crippen molar-refractivity contribution in [3.05, 3.63) is 24.3 Å². The van der Waals surface area contributed by atoms with Crippen molar-refractivity contribution in [1.82, 2.24) is 9.97 Å². The minimum Gasteiger partial charge on any atom is -0.383 e. The number of nitrogens with zero attached hydrogens (tertiary/aromatic N) is 2. The molecule has 90 valence electrons. The van der Waals surface area contributed by atoms with E-state index >= 15 is 0 Å². The number of thioether (sulfide) groups is 1. The van der Waals surface area contributed by atoms with Crippen LogP contribution in [0.25, 0.3) is 0 Å². The number of rotatable bonds is 4. The van der Waals surface area contributed by atoms with Crippen LogP contribution < -0.4 is 0 Å². The molecule has 0 unspecified atom stereocenters. The monoisotopic (exact) mass is 252 g/mol. The molecule has 2 atom stereocenters. The van der Waals surface area contributed by atoms with Crippen molar-refractivity contribution in [3.63, 3.8) is 0 Å². The molecule has 1 aromatic heterocycles. The van der Waals surface area contributed by atoms with Crippen LogP contribution in [-0.4, -0.2) is 33.1 Å². The number of alkyl halides is 3. The van der Waals surface area contributed by atoms with Gasteiger partial charge in [-0.3, -0.25) is 9.97 Å². The van der Waals surface area contributed by atoms with Gasteiger partial charge in [0.05, 0.1) is 5.69 Å². The smallest absolute Gasteiger partial charge is 0.383 e. The Hall–Kier alpha value is -0.820. The molecule has 0 saturated carbocycles. The Balaban J connectivity index is 2.45. The molecule has 0 radical (unpaired) electrons. The van der Waals surface area contributed by atoms with Crippen molar-refractivity contribution in [1.29, 1.82) is 0 Å². The third-order valence-corrected chi connectivity index (χ3v) is 3.13. The Labute approximate surface area is 95.1 Å². The summed E-state index contributed by atoms with van der Waals surface area (Å²) in [6.45, 7) is 1.72. The van der Waals surface area contributed by atoms with Gasteiger partial charge in [-0.15, -0.1) is 11.8 Å². The Kier molecular flexibility index (Phi) is 4.55. The molecule has 0 spiro atoms. The van der Waals surface area contributed by atoms with Gasteiger partial charge in [-0.05, 0) is 6.92 Å². The topological polar surface area (TPSA) is 46.0 Å².